The van der Waals surface area contributed by atoms with E-state index in [1.54, 1.807) is 22.9 Å². The van der Waals surface area contributed by atoms with Crippen LogP contribution in [0.3, 0.4) is 0 Å². The third kappa shape index (κ3) is 6.21. The number of hydrogen-bond acceptors (Lipinski definition) is 4. The number of carbonyl (C=O) groups excluding carboxylic acids is 1. The van der Waals surface area contributed by atoms with Crippen LogP contribution < -0.4 is 15.6 Å². The van der Waals surface area contributed by atoms with Crippen molar-refractivity contribution in [3.05, 3.63) is 130 Å². The van der Waals surface area contributed by atoms with E-state index >= 15 is 0 Å². The number of nitrogens with one attached hydrogen (secondary N) is 2. The van der Waals surface area contributed by atoms with Gasteiger partial charge in [0.25, 0.3) is 21.5 Å². The average Bonchev–Trinajstić information content (AvgIpc) is 2.86. The summed E-state index contributed by atoms with van der Waals surface area (Å²) in [6.07, 6.45) is 1.72. The quantitative estimate of drug-likeness (QED) is 0.392. The van der Waals surface area contributed by atoms with Gasteiger partial charge in [0.1, 0.15) is 5.82 Å². The van der Waals surface area contributed by atoms with Crippen LogP contribution in [0.15, 0.2) is 107 Å². The van der Waals surface area contributed by atoms with Crippen LogP contribution in [0.4, 0.5) is 10.1 Å². The first-order chi connectivity index (χ1) is 16.8. The molecular weight excluding hydrogens is 469 g/mol. The maximum atomic E-state index is 13.1. The van der Waals surface area contributed by atoms with Crippen molar-refractivity contribution in [2.45, 2.75) is 18.0 Å². The highest BCUT2D eigenvalue weighted by Gasteiger charge is 2.16. The van der Waals surface area contributed by atoms with Crippen LogP contribution in [-0.4, -0.2) is 18.9 Å². The SMILES string of the molecule is O=C(NCc1ccc(Cn2ccccc2=O)cc1)c1cccc(S(=O)(=O)Nc2ccc(F)cc2)c1. The molecule has 0 fully saturated rings. The van der Waals surface area contributed by atoms with Gasteiger partial charge in [-0.25, -0.2) is 12.8 Å². The van der Waals surface area contributed by atoms with Crippen LogP contribution in [0.2, 0.25) is 0 Å². The number of benzene rings is 3. The van der Waals surface area contributed by atoms with Gasteiger partial charge in [-0.05, 0) is 59.7 Å². The van der Waals surface area contributed by atoms with Crippen LogP contribution in [-0.2, 0) is 23.1 Å². The first kappa shape index (κ1) is 23.9. The second-order valence-electron chi connectivity index (χ2n) is 7.81. The van der Waals surface area contributed by atoms with E-state index in [4.69, 9.17) is 0 Å². The molecule has 0 aliphatic heterocycles. The average molecular weight is 492 g/mol. The number of carbonyl (C=O) groups is 1. The summed E-state index contributed by atoms with van der Waals surface area (Å²) in [6.45, 7) is 0.689. The van der Waals surface area contributed by atoms with Crippen molar-refractivity contribution in [3.8, 4) is 0 Å². The van der Waals surface area contributed by atoms with E-state index < -0.39 is 21.7 Å². The minimum atomic E-state index is -3.96. The summed E-state index contributed by atoms with van der Waals surface area (Å²) < 4.78 is 42.4. The van der Waals surface area contributed by atoms with Gasteiger partial charge in [-0.2, -0.15) is 0 Å². The Morgan fingerprint density at radius 1 is 0.857 bits per heavy atom. The molecule has 0 saturated carbocycles. The molecule has 1 heterocycles. The number of sulfonamides is 1. The third-order valence-corrected chi connectivity index (χ3v) is 6.61. The zero-order valence-corrected chi connectivity index (χ0v) is 19.3. The normalized spacial score (nSPS) is 11.1. The number of halogens is 1. The van der Waals surface area contributed by atoms with Gasteiger partial charge in [-0.15, -0.1) is 0 Å². The molecule has 2 N–H and O–H groups in total. The number of pyridine rings is 1. The zero-order chi connectivity index (χ0) is 24.8. The molecule has 0 spiro atoms. The van der Waals surface area contributed by atoms with Gasteiger partial charge in [0.05, 0.1) is 11.4 Å². The van der Waals surface area contributed by atoms with Crippen molar-refractivity contribution >= 4 is 21.6 Å². The maximum absolute atomic E-state index is 13.1. The van der Waals surface area contributed by atoms with Gasteiger partial charge in [0, 0.05) is 30.1 Å². The summed E-state index contributed by atoms with van der Waals surface area (Å²) in [5.41, 5.74) is 2.11. The lowest BCUT2D eigenvalue weighted by atomic mass is 10.1. The van der Waals surface area contributed by atoms with Crippen molar-refractivity contribution in [1.82, 2.24) is 9.88 Å². The van der Waals surface area contributed by atoms with Gasteiger partial charge in [-0.1, -0.05) is 36.4 Å². The van der Waals surface area contributed by atoms with E-state index in [0.29, 0.717) is 6.54 Å². The summed E-state index contributed by atoms with van der Waals surface area (Å²) in [4.78, 5) is 24.4. The third-order valence-electron chi connectivity index (χ3n) is 5.23. The van der Waals surface area contributed by atoms with Crippen molar-refractivity contribution in [1.29, 1.82) is 0 Å². The Kier molecular flexibility index (Phi) is 7.07. The lowest BCUT2D eigenvalue weighted by Gasteiger charge is -2.10. The van der Waals surface area contributed by atoms with Gasteiger partial charge in [0.15, 0.2) is 0 Å². The van der Waals surface area contributed by atoms with Crippen LogP contribution in [0.5, 0.6) is 0 Å². The Bertz CT molecular complexity index is 1500. The molecule has 178 valence electrons. The Morgan fingerprint density at radius 3 is 2.29 bits per heavy atom. The lowest BCUT2D eigenvalue weighted by molar-refractivity contribution is 0.0950. The molecule has 1 aromatic heterocycles. The van der Waals surface area contributed by atoms with E-state index in [9.17, 15) is 22.4 Å². The molecule has 4 aromatic rings. The molecule has 0 radical (unpaired) electrons. The molecule has 35 heavy (non-hydrogen) atoms. The molecule has 4 rings (SSSR count). The van der Waals surface area contributed by atoms with E-state index in [2.05, 4.69) is 10.0 Å². The van der Waals surface area contributed by atoms with Gasteiger partial charge in [-0.3, -0.25) is 14.3 Å². The van der Waals surface area contributed by atoms with Gasteiger partial charge >= 0.3 is 0 Å². The molecular formula is C26H22FN3O4S. The van der Waals surface area contributed by atoms with Crippen molar-refractivity contribution < 1.29 is 17.6 Å². The highest BCUT2D eigenvalue weighted by atomic mass is 32.2. The molecule has 7 nitrogen and oxygen atoms in total. The summed E-state index contributed by atoms with van der Waals surface area (Å²) in [6, 6.07) is 23.1. The molecule has 9 heteroatoms. The van der Waals surface area contributed by atoms with Crippen molar-refractivity contribution in [2.24, 2.45) is 0 Å². The molecule has 0 atom stereocenters. The topological polar surface area (TPSA) is 97.3 Å². The summed E-state index contributed by atoms with van der Waals surface area (Å²) >= 11 is 0. The van der Waals surface area contributed by atoms with Gasteiger partial charge < -0.3 is 9.88 Å². The highest BCUT2D eigenvalue weighted by molar-refractivity contribution is 7.92. The first-order valence-electron chi connectivity index (χ1n) is 10.7. The Balaban J connectivity index is 1.38. The predicted octanol–water partition coefficient (Wildman–Crippen LogP) is 3.77. The number of nitrogens with zero attached hydrogens (tertiary/aromatic N) is 1. The number of anilines is 1. The molecule has 1 amide bonds. The molecule has 0 unspecified atom stereocenters. The zero-order valence-electron chi connectivity index (χ0n) is 18.5. The Labute approximate surface area is 201 Å². The minimum absolute atomic E-state index is 0.0825. The summed E-state index contributed by atoms with van der Waals surface area (Å²) in [7, 11) is -3.96. The molecule has 0 bridgehead atoms. The summed E-state index contributed by atoms with van der Waals surface area (Å²) in [5.74, 6) is -0.906. The minimum Gasteiger partial charge on any atom is -0.348 e. The van der Waals surface area contributed by atoms with Crippen LogP contribution >= 0.6 is 0 Å². The van der Waals surface area contributed by atoms with E-state index in [0.717, 1.165) is 23.3 Å². The first-order valence-corrected chi connectivity index (χ1v) is 12.2. The monoisotopic (exact) mass is 491 g/mol. The predicted molar refractivity (Wildman–Crippen MR) is 131 cm³/mol. The largest absolute Gasteiger partial charge is 0.348 e. The Hall–Kier alpha value is -4.24. The van der Waals surface area contributed by atoms with E-state index in [-0.39, 0.29) is 28.3 Å². The smallest absolute Gasteiger partial charge is 0.261 e. The molecule has 3 aromatic carbocycles. The second kappa shape index (κ2) is 10.4. The number of rotatable bonds is 8. The summed E-state index contributed by atoms with van der Waals surface area (Å²) in [5, 5.41) is 2.78. The van der Waals surface area contributed by atoms with Crippen LogP contribution in [0.25, 0.3) is 0 Å². The van der Waals surface area contributed by atoms with Crippen LogP contribution in [0, 0.1) is 5.82 Å². The van der Waals surface area contributed by atoms with Gasteiger partial charge in [0.2, 0.25) is 0 Å². The molecule has 0 aliphatic carbocycles. The van der Waals surface area contributed by atoms with E-state index in [1.165, 1.54) is 42.5 Å². The molecule has 0 saturated heterocycles. The maximum Gasteiger partial charge on any atom is 0.261 e. The fraction of sp³-hybridized carbons (Fsp3) is 0.0769. The highest BCUT2D eigenvalue weighted by Crippen LogP contribution is 2.18. The number of aromatic nitrogens is 1. The standard InChI is InChI=1S/C26H22FN3O4S/c27-22-11-13-23(14-12-22)29-35(33,34)24-5-3-4-21(16-24)26(32)28-17-19-7-9-20(10-8-19)18-30-15-2-1-6-25(30)31/h1-16,29H,17-18H2,(H,28,32). The van der Waals surface area contributed by atoms with Crippen molar-refractivity contribution in [3.63, 3.8) is 0 Å². The fourth-order valence-corrected chi connectivity index (χ4v) is 4.48. The molecule has 0 aliphatic rings. The lowest BCUT2D eigenvalue weighted by Crippen LogP contribution is -2.23. The fourth-order valence-electron chi connectivity index (χ4n) is 3.37. The number of hydrogen-bond donors (Lipinski definition) is 2. The number of amides is 1. The van der Waals surface area contributed by atoms with Crippen molar-refractivity contribution in [2.75, 3.05) is 4.72 Å². The van der Waals surface area contributed by atoms with Crippen LogP contribution in [0.1, 0.15) is 21.5 Å². The Morgan fingerprint density at radius 2 is 1.57 bits per heavy atom. The van der Waals surface area contributed by atoms with E-state index in [1.807, 2.05) is 24.3 Å². The second-order valence-corrected chi connectivity index (χ2v) is 9.49.